The van der Waals surface area contributed by atoms with Crippen molar-refractivity contribution in [3.63, 3.8) is 0 Å². The van der Waals surface area contributed by atoms with Gasteiger partial charge in [-0.3, -0.25) is 4.79 Å². The zero-order chi connectivity index (χ0) is 18.4. The van der Waals surface area contributed by atoms with Gasteiger partial charge in [0.1, 0.15) is 17.3 Å². The highest BCUT2D eigenvalue weighted by Gasteiger charge is 2.22. The van der Waals surface area contributed by atoms with Gasteiger partial charge in [0.15, 0.2) is 0 Å². The third-order valence-electron chi connectivity index (χ3n) is 3.35. The van der Waals surface area contributed by atoms with Gasteiger partial charge in [0.2, 0.25) is 10.0 Å². The lowest BCUT2D eigenvalue weighted by atomic mass is 10.2. The number of halogens is 1. The number of benzene rings is 2. The molecule has 8 heteroatoms. The molecular formula is C17H19ClN2O4S. The largest absolute Gasteiger partial charge is 0.492 e. The Morgan fingerprint density at radius 1 is 1.16 bits per heavy atom. The van der Waals surface area contributed by atoms with Crippen LogP contribution in [0.5, 0.6) is 5.75 Å². The SMILES string of the molecule is CN(C)S(=O)(=O)c1cc(C(=O)NCCOc2ccccc2)ccc1Cl. The minimum Gasteiger partial charge on any atom is -0.492 e. The second-order valence-electron chi connectivity index (χ2n) is 5.35. The van der Waals surface area contributed by atoms with Crippen LogP contribution in [0, 0.1) is 0 Å². The molecule has 0 aliphatic heterocycles. The Bertz CT molecular complexity index is 839. The van der Waals surface area contributed by atoms with E-state index >= 15 is 0 Å². The zero-order valence-electron chi connectivity index (χ0n) is 13.9. The zero-order valence-corrected chi connectivity index (χ0v) is 15.5. The molecule has 0 saturated heterocycles. The molecule has 2 rings (SSSR count). The molecule has 0 bridgehead atoms. The predicted octanol–water partition coefficient (Wildman–Crippen LogP) is 2.40. The van der Waals surface area contributed by atoms with Crippen LogP contribution >= 0.6 is 11.6 Å². The van der Waals surface area contributed by atoms with E-state index in [4.69, 9.17) is 16.3 Å². The van der Waals surface area contributed by atoms with Gasteiger partial charge in [-0.1, -0.05) is 29.8 Å². The maximum absolute atomic E-state index is 12.2. The molecule has 0 radical (unpaired) electrons. The van der Waals surface area contributed by atoms with E-state index in [0.717, 1.165) is 4.31 Å². The average molecular weight is 383 g/mol. The Morgan fingerprint density at radius 2 is 1.84 bits per heavy atom. The van der Waals surface area contributed by atoms with Gasteiger partial charge in [0, 0.05) is 19.7 Å². The molecule has 2 aromatic rings. The van der Waals surface area contributed by atoms with Gasteiger partial charge in [-0.15, -0.1) is 0 Å². The number of para-hydroxylation sites is 1. The first-order valence-electron chi connectivity index (χ1n) is 7.50. The fourth-order valence-corrected chi connectivity index (χ4v) is 3.39. The molecule has 0 spiro atoms. The van der Waals surface area contributed by atoms with Gasteiger partial charge < -0.3 is 10.1 Å². The normalized spacial score (nSPS) is 11.4. The van der Waals surface area contributed by atoms with Crippen molar-refractivity contribution < 1.29 is 17.9 Å². The Balaban J connectivity index is 2.00. The number of hydrogen-bond donors (Lipinski definition) is 1. The summed E-state index contributed by atoms with van der Waals surface area (Å²) in [5.74, 6) is 0.311. The highest BCUT2D eigenvalue weighted by atomic mass is 35.5. The van der Waals surface area contributed by atoms with Crippen molar-refractivity contribution in [2.75, 3.05) is 27.2 Å². The summed E-state index contributed by atoms with van der Waals surface area (Å²) in [4.78, 5) is 12.1. The lowest BCUT2D eigenvalue weighted by Crippen LogP contribution is -2.28. The highest BCUT2D eigenvalue weighted by Crippen LogP contribution is 2.24. The van der Waals surface area contributed by atoms with Gasteiger partial charge in [-0.2, -0.15) is 0 Å². The van der Waals surface area contributed by atoms with Crippen molar-refractivity contribution >= 4 is 27.5 Å². The summed E-state index contributed by atoms with van der Waals surface area (Å²) in [7, 11) is -0.924. The van der Waals surface area contributed by atoms with Crippen LogP contribution in [0.3, 0.4) is 0 Å². The van der Waals surface area contributed by atoms with Crippen molar-refractivity contribution in [2.24, 2.45) is 0 Å². The summed E-state index contributed by atoms with van der Waals surface area (Å²) < 4.78 is 31.0. The molecule has 0 atom stereocenters. The number of amides is 1. The molecule has 2 aromatic carbocycles. The van der Waals surface area contributed by atoms with E-state index in [0.29, 0.717) is 12.4 Å². The van der Waals surface area contributed by atoms with Crippen LogP contribution in [0.1, 0.15) is 10.4 Å². The van der Waals surface area contributed by atoms with E-state index in [-0.39, 0.29) is 22.0 Å². The molecular weight excluding hydrogens is 364 g/mol. The molecule has 0 aliphatic carbocycles. The molecule has 0 heterocycles. The van der Waals surface area contributed by atoms with E-state index in [1.54, 1.807) is 0 Å². The van der Waals surface area contributed by atoms with Crippen LogP contribution in [0.25, 0.3) is 0 Å². The van der Waals surface area contributed by atoms with Gasteiger partial charge in [0.25, 0.3) is 5.91 Å². The summed E-state index contributed by atoms with van der Waals surface area (Å²) in [6.45, 7) is 0.582. The van der Waals surface area contributed by atoms with Gasteiger partial charge in [-0.25, -0.2) is 12.7 Å². The van der Waals surface area contributed by atoms with Crippen molar-refractivity contribution in [3.05, 3.63) is 59.1 Å². The highest BCUT2D eigenvalue weighted by molar-refractivity contribution is 7.89. The molecule has 0 unspecified atom stereocenters. The average Bonchev–Trinajstić information content (AvgIpc) is 2.59. The summed E-state index contributed by atoms with van der Waals surface area (Å²) in [5, 5.41) is 2.75. The second-order valence-corrected chi connectivity index (χ2v) is 7.88. The van der Waals surface area contributed by atoms with E-state index in [1.807, 2.05) is 30.3 Å². The molecule has 0 aliphatic rings. The summed E-state index contributed by atoms with van der Waals surface area (Å²) in [6, 6.07) is 13.4. The van der Waals surface area contributed by atoms with Crippen LogP contribution in [0.2, 0.25) is 5.02 Å². The first-order valence-corrected chi connectivity index (χ1v) is 9.32. The van der Waals surface area contributed by atoms with Gasteiger partial charge in [0.05, 0.1) is 11.6 Å². The second kappa shape index (κ2) is 8.33. The Hall–Kier alpha value is -2.09. The smallest absolute Gasteiger partial charge is 0.251 e. The first-order chi connectivity index (χ1) is 11.8. The topological polar surface area (TPSA) is 75.7 Å². The molecule has 1 amide bonds. The molecule has 0 aromatic heterocycles. The molecule has 0 fully saturated rings. The molecule has 6 nitrogen and oxygen atoms in total. The van der Waals surface area contributed by atoms with E-state index in [9.17, 15) is 13.2 Å². The summed E-state index contributed by atoms with van der Waals surface area (Å²) in [6.07, 6.45) is 0. The third-order valence-corrected chi connectivity index (χ3v) is 5.65. The monoisotopic (exact) mass is 382 g/mol. The van der Waals surface area contributed by atoms with Crippen LogP contribution in [0.15, 0.2) is 53.4 Å². The van der Waals surface area contributed by atoms with Crippen molar-refractivity contribution in [1.82, 2.24) is 9.62 Å². The number of nitrogens with zero attached hydrogens (tertiary/aromatic N) is 1. The van der Waals surface area contributed by atoms with Crippen LogP contribution in [0.4, 0.5) is 0 Å². The minimum absolute atomic E-state index is 0.0673. The Kier molecular flexibility index (Phi) is 6.41. The predicted molar refractivity (Wildman–Crippen MR) is 96.6 cm³/mol. The summed E-state index contributed by atoms with van der Waals surface area (Å²) >= 11 is 5.97. The number of sulfonamides is 1. The first kappa shape index (κ1) is 19.2. The number of carbonyl (C=O) groups excluding carboxylic acids is 1. The summed E-state index contributed by atoms with van der Waals surface area (Å²) in [5.41, 5.74) is 0.213. The fraction of sp³-hybridized carbons (Fsp3) is 0.235. The van der Waals surface area contributed by atoms with E-state index < -0.39 is 15.9 Å². The van der Waals surface area contributed by atoms with Crippen LogP contribution < -0.4 is 10.1 Å². The van der Waals surface area contributed by atoms with E-state index in [2.05, 4.69) is 5.32 Å². The number of nitrogens with one attached hydrogen (secondary N) is 1. The molecule has 134 valence electrons. The van der Waals surface area contributed by atoms with Gasteiger partial charge >= 0.3 is 0 Å². The quantitative estimate of drug-likeness (QED) is 0.746. The number of ether oxygens (including phenoxy) is 1. The Labute approximate surface area is 152 Å². The van der Waals surface area contributed by atoms with Crippen molar-refractivity contribution in [3.8, 4) is 5.75 Å². The minimum atomic E-state index is -3.73. The number of hydrogen-bond acceptors (Lipinski definition) is 4. The number of rotatable bonds is 7. The molecule has 25 heavy (non-hydrogen) atoms. The standard InChI is InChI=1S/C17H19ClN2O4S/c1-20(2)25(22,23)16-12-13(8-9-15(16)18)17(21)19-10-11-24-14-6-4-3-5-7-14/h3-9,12H,10-11H2,1-2H3,(H,19,21). The van der Waals surface area contributed by atoms with E-state index in [1.165, 1.54) is 32.3 Å². The van der Waals surface area contributed by atoms with Crippen molar-refractivity contribution in [1.29, 1.82) is 0 Å². The Morgan fingerprint density at radius 3 is 2.48 bits per heavy atom. The lowest BCUT2D eigenvalue weighted by Gasteiger charge is -2.14. The van der Waals surface area contributed by atoms with Crippen molar-refractivity contribution in [2.45, 2.75) is 4.90 Å². The van der Waals surface area contributed by atoms with Crippen LogP contribution in [-0.4, -0.2) is 45.9 Å². The lowest BCUT2D eigenvalue weighted by molar-refractivity contribution is 0.0947. The maximum atomic E-state index is 12.2. The van der Waals surface area contributed by atoms with Gasteiger partial charge in [-0.05, 0) is 30.3 Å². The molecule has 1 N–H and O–H groups in total. The third kappa shape index (κ3) is 4.94. The number of carbonyl (C=O) groups is 1. The molecule has 0 saturated carbocycles. The van der Waals surface area contributed by atoms with Crippen LogP contribution in [-0.2, 0) is 10.0 Å². The maximum Gasteiger partial charge on any atom is 0.251 e. The fourth-order valence-electron chi connectivity index (χ4n) is 1.99.